The monoisotopic (exact) mass is 253 g/mol. The number of rotatable bonds is 1. The number of aromatic nitrogens is 1. The van der Waals surface area contributed by atoms with Crippen LogP contribution in [0, 0.1) is 6.92 Å². The third kappa shape index (κ3) is 1.81. The number of pyridine rings is 1. The maximum atomic E-state index is 12.4. The Bertz CT molecular complexity index is 878. The number of hydrogen-bond donors (Lipinski definition) is 0. The van der Waals surface area contributed by atoms with Crippen LogP contribution in [0.4, 0.5) is 0 Å². The highest BCUT2D eigenvalue weighted by molar-refractivity contribution is 5.98. The number of nitrogens with zero attached hydrogens (tertiary/aromatic N) is 1. The van der Waals surface area contributed by atoms with Crippen LogP contribution in [0.1, 0.15) is 23.0 Å². The molecule has 3 rings (SSSR count). The van der Waals surface area contributed by atoms with Crippen molar-refractivity contribution in [1.29, 1.82) is 0 Å². The molecule has 0 aliphatic rings. The minimum Gasteiger partial charge on any atom is -0.437 e. The molecule has 0 bridgehead atoms. The minimum absolute atomic E-state index is 0.0802. The number of ketones is 1. The zero-order valence-electron chi connectivity index (χ0n) is 10.6. The highest BCUT2D eigenvalue weighted by Gasteiger charge is 2.10. The Balaban J connectivity index is 2.47. The quantitative estimate of drug-likeness (QED) is 0.494. The van der Waals surface area contributed by atoms with E-state index in [0.717, 1.165) is 5.69 Å². The van der Waals surface area contributed by atoms with Gasteiger partial charge in [-0.25, -0.2) is 4.98 Å². The predicted molar refractivity (Wildman–Crippen MR) is 72.5 cm³/mol. The average molecular weight is 253 g/mol. The second kappa shape index (κ2) is 4.02. The normalized spacial score (nSPS) is 11.1. The summed E-state index contributed by atoms with van der Waals surface area (Å²) in [6, 6.07) is 8.32. The van der Waals surface area contributed by atoms with E-state index in [4.69, 9.17) is 4.42 Å². The molecule has 1 aromatic carbocycles. The van der Waals surface area contributed by atoms with Gasteiger partial charge in [0.05, 0.1) is 10.8 Å². The molecule has 0 spiro atoms. The maximum Gasteiger partial charge on any atom is 0.230 e. The molecule has 4 heteroatoms. The smallest absolute Gasteiger partial charge is 0.230 e. The van der Waals surface area contributed by atoms with Gasteiger partial charge in [0.1, 0.15) is 5.58 Å². The highest BCUT2D eigenvalue weighted by Crippen LogP contribution is 2.18. The van der Waals surface area contributed by atoms with Crippen LogP contribution in [0.5, 0.6) is 0 Å². The lowest BCUT2D eigenvalue weighted by atomic mass is 10.1. The van der Waals surface area contributed by atoms with Crippen molar-refractivity contribution in [2.75, 3.05) is 0 Å². The predicted octanol–water partition coefficient (Wildman–Crippen LogP) is 2.85. The molecular weight excluding hydrogens is 242 g/mol. The highest BCUT2D eigenvalue weighted by atomic mass is 16.3. The summed E-state index contributed by atoms with van der Waals surface area (Å²) >= 11 is 0. The van der Waals surface area contributed by atoms with Gasteiger partial charge in [-0.05, 0) is 44.2 Å². The van der Waals surface area contributed by atoms with Gasteiger partial charge in [-0.2, -0.15) is 0 Å². The third-order valence-electron chi connectivity index (χ3n) is 3.08. The summed E-state index contributed by atoms with van der Waals surface area (Å²) in [6.07, 6.45) is 0. The molecule has 94 valence electrons. The molecule has 2 aromatic heterocycles. The molecular formula is C15H11NO3. The zero-order chi connectivity index (χ0) is 13.6. The van der Waals surface area contributed by atoms with E-state index in [-0.39, 0.29) is 11.2 Å². The first kappa shape index (κ1) is 11.6. The van der Waals surface area contributed by atoms with Crippen molar-refractivity contribution in [2.45, 2.75) is 13.8 Å². The average Bonchev–Trinajstić information content (AvgIpc) is 2.38. The van der Waals surface area contributed by atoms with Crippen LogP contribution < -0.4 is 5.43 Å². The van der Waals surface area contributed by atoms with E-state index in [9.17, 15) is 9.59 Å². The van der Waals surface area contributed by atoms with Gasteiger partial charge < -0.3 is 4.42 Å². The van der Waals surface area contributed by atoms with Gasteiger partial charge in [-0.1, -0.05) is 0 Å². The lowest BCUT2D eigenvalue weighted by Gasteiger charge is -2.02. The second-order valence-electron chi connectivity index (χ2n) is 4.50. The first-order valence-electron chi connectivity index (χ1n) is 5.91. The van der Waals surface area contributed by atoms with Crippen molar-refractivity contribution < 1.29 is 9.21 Å². The molecule has 4 nitrogen and oxygen atoms in total. The van der Waals surface area contributed by atoms with Crippen LogP contribution in [-0.4, -0.2) is 10.8 Å². The molecule has 2 heterocycles. The van der Waals surface area contributed by atoms with Crippen molar-refractivity contribution in [1.82, 2.24) is 4.98 Å². The summed E-state index contributed by atoms with van der Waals surface area (Å²) < 4.78 is 5.62. The van der Waals surface area contributed by atoms with Gasteiger partial charge in [0, 0.05) is 11.3 Å². The van der Waals surface area contributed by atoms with E-state index >= 15 is 0 Å². The fraction of sp³-hybridized carbons (Fsp3) is 0.133. The molecule has 19 heavy (non-hydrogen) atoms. The van der Waals surface area contributed by atoms with Gasteiger partial charge in [0.2, 0.25) is 11.1 Å². The molecule has 0 unspecified atom stereocenters. The number of benzene rings is 1. The van der Waals surface area contributed by atoms with Gasteiger partial charge in [0.25, 0.3) is 0 Å². The van der Waals surface area contributed by atoms with Crippen LogP contribution in [0.25, 0.3) is 22.1 Å². The summed E-state index contributed by atoms with van der Waals surface area (Å²) in [5.41, 5.74) is 1.90. The first-order valence-corrected chi connectivity index (χ1v) is 5.91. The van der Waals surface area contributed by atoms with E-state index < -0.39 is 0 Å². The molecule has 0 N–H and O–H groups in total. The number of carbonyl (C=O) groups is 1. The summed E-state index contributed by atoms with van der Waals surface area (Å²) in [5.74, 6) is -0.0802. The fourth-order valence-corrected chi connectivity index (χ4v) is 2.05. The zero-order valence-corrected chi connectivity index (χ0v) is 10.6. The Morgan fingerprint density at radius 1 is 1.16 bits per heavy atom. The van der Waals surface area contributed by atoms with Gasteiger partial charge >= 0.3 is 0 Å². The number of fused-ring (bicyclic) bond motifs is 2. The van der Waals surface area contributed by atoms with Gasteiger partial charge in [-0.15, -0.1) is 0 Å². The van der Waals surface area contributed by atoms with Crippen molar-refractivity contribution in [3.05, 3.63) is 51.8 Å². The molecule has 0 atom stereocenters. The standard InChI is InChI=1S/C15H11NO3/c1-8-3-5-11-14(18)12-7-10(9(2)17)4-6-13(12)19-15(11)16-8/h3-7H,1-2H3. The summed E-state index contributed by atoms with van der Waals surface area (Å²) in [7, 11) is 0. The van der Waals surface area contributed by atoms with E-state index in [0.29, 0.717) is 27.6 Å². The van der Waals surface area contributed by atoms with Crippen LogP contribution in [0.15, 0.2) is 39.5 Å². The van der Waals surface area contributed by atoms with Crippen LogP contribution >= 0.6 is 0 Å². The van der Waals surface area contributed by atoms with Gasteiger partial charge in [0.15, 0.2) is 5.78 Å². The molecule has 3 aromatic rings. The third-order valence-corrected chi connectivity index (χ3v) is 3.08. The summed E-state index contributed by atoms with van der Waals surface area (Å²) in [5, 5.41) is 0.838. The Morgan fingerprint density at radius 3 is 2.68 bits per heavy atom. The van der Waals surface area contributed by atoms with Crippen molar-refractivity contribution in [2.24, 2.45) is 0 Å². The molecule has 0 radical (unpaired) electrons. The Morgan fingerprint density at radius 2 is 1.95 bits per heavy atom. The van der Waals surface area contributed by atoms with E-state index in [1.807, 2.05) is 6.92 Å². The van der Waals surface area contributed by atoms with Crippen molar-refractivity contribution in [3.63, 3.8) is 0 Å². The molecule has 0 aliphatic carbocycles. The molecule has 0 saturated carbocycles. The number of aryl methyl sites for hydroxylation is 1. The molecule has 0 fully saturated rings. The van der Waals surface area contributed by atoms with E-state index in [1.165, 1.54) is 6.92 Å². The first-order chi connectivity index (χ1) is 9.06. The lowest BCUT2D eigenvalue weighted by Crippen LogP contribution is -2.04. The number of hydrogen-bond acceptors (Lipinski definition) is 4. The summed E-state index contributed by atoms with van der Waals surface area (Å²) in [4.78, 5) is 27.9. The van der Waals surface area contributed by atoms with Crippen molar-refractivity contribution in [3.8, 4) is 0 Å². The van der Waals surface area contributed by atoms with Crippen LogP contribution in [0.2, 0.25) is 0 Å². The van der Waals surface area contributed by atoms with E-state index in [1.54, 1.807) is 30.3 Å². The maximum absolute atomic E-state index is 12.4. The van der Waals surface area contributed by atoms with Crippen molar-refractivity contribution >= 4 is 27.9 Å². The Kier molecular flexibility index (Phi) is 2.45. The van der Waals surface area contributed by atoms with Gasteiger partial charge in [-0.3, -0.25) is 9.59 Å². The van der Waals surface area contributed by atoms with Crippen LogP contribution in [0.3, 0.4) is 0 Å². The summed E-state index contributed by atoms with van der Waals surface area (Å²) in [6.45, 7) is 3.30. The SMILES string of the molecule is CC(=O)c1ccc2oc3nc(C)ccc3c(=O)c2c1. The molecule has 0 saturated heterocycles. The fourth-order valence-electron chi connectivity index (χ4n) is 2.05. The number of Topliss-reactive ketones (excluding diaryl/α,β-unsaturated/α-hetero) is 1. The lowest BCUT2D eigenvalue weighted by molar-refractivity contribution is 0.101. The molecule has 0 aliphatic heterocycles. The number of carbonyl (C=O) groups excluding carboxylic acids is 1. The Hall–Kier alpha value is -2.49. The Labute approximate surface area is 108 Å². The topological polar surface area (TPSA) is 60.2 Å². The van der Waals surface area contributed by atoms with Crippen LogP contribution in [-0.2, 0) is 0 Å². The largest absolute Gasteiger partial charge is 0.437 e. The molecule has 0 amide bonds. The van der Waals surface area contributed by atoms with E-state index in [2.05, 4.69) is 4.98 Å². The second-order valence-corrected chi connectivity index (χ2v) is 4.50. The minimum atomic E-state index is -0.160.